The van der Waals surface area contributed by atoms with Crippen LogP contribution >= 0.6 is 0 Å². The lowest BCUT2D eigenvalue weighted by Gasteiger charge is -1.92. The molecule has 0 saturated heterocycles. The molecule has 4 heteroatoms. The summed E-state index contributed by atoms with van der Waals surface area (Å²) in [6.45, 7) is 0. The van der Waals surface area contributed by atoms with Crippen LogP contribution in [0.15, 0.2) is 12.3 Å². The molecule has 0 amide bonds. The Hall–Kier alpha value is -1.45. The number of hydrogen-bond donors (Lipinski definition) is 1. The molecule has 0 spiro atoms. The molecule has 0 aliphatic carbocycles. The number of anilines is 1. The largest absolute Gasteiger partial charge is 0.368 e. The van der Waals surface area contributed by atoms with Gasteiger partial charge >= 0.3 is 0 Å². The van der Waals surface area contributed by atoms with Crippen LogP contribution in [0.3, 0.4) is 0 Å². The normalized spacial score (nSPS) is 9.20. The fourth-order valence-electron chi connectivity index (χ4n) is 0.612. The smallest absolute Gasteiger partial charge is 0.220 e. The Morgan fingerprint density at radius 3 is 3.10 bits per heavy atom. The Bertz CT molecular complexity index is 236. The van der Waals surface area contributed by atoms with Crippen LogP contribution in [0.1, 0.15) is 5.69 Å². The Kier molecular flexibility index (Phi) is 1.94. The predicted molar refractivity (Wildman–Crippen MR) is 36.2 cm³/mol. The van der Waals surface area contributed by atoms with Crippen LogP contribution < -0.4 is 5.73 Å². The summed E-state index contributed by atoms with van der Waals surface area (Å²) in [7, 11) is 0. The molecule has 0 aliphatic heterocycles. The number of aromatic nitrogens is 2. The summed E-state index contributed by atoms with van der Waals surface area (Å²) in [5.74, 6) is 0.208. The molecule has 0 bridgehead atoms. The van der Waals surface area contributed by atoms with E-state index in [1.807, 2.05) is 0 Å². The van der Waals surface area contributed by atoms with Crippen molar-refractivity contribution in [3.63, 3.8) is 0 Å². The second-order valence-corrected chi connectivity index (χ2v) is 1.78. The van der Waals surface area contributed by atoms with Crippen molar-refractivity contribution in [1.29, 1.82) is 0 Å². The first-order chi connectivity index (χ1) is 4.83. The van der Waals surface area contributed by atoms with Crippen LogP contribution in [0, 0.1) is 0 Å². The van der Waals surface area contributed by atoms with E-state index in [2.05, 4.69) is 9.97 Å². The number of nitrogens with two attached hydrogens (primary N) is 1. The average molecular weight is 137 g/mol. The topological polar surface area (TPSA) is 68.9 Å². The monoisotopic (exact) mass is 137 g/mol. The third kappa shape index (κ3) is 1.51. The molecule has 1 heterocycles. The highest BCUT2D eigenvalue weighted by Crippen LogP contribution is 1.94. The van der Waals surface area contributed by atoms with Gasteiger partial charge in [-0.25, -0.2) is 9.97 Å². The second kappa shape index (κ2) is 2.91. The van der Waals surface area contributed by atoms with Crippen molar-refractivity contribution >= 4 is 12.2 Å². The Labute approximate surface area is 58.1 Å². The number of rotatable bonds is 2. The number of nitrogen functional groups attached to an aromatic ring is 1. The van der Waals surface area contributed by atoms with Crippen molar-refractivity contribution in [3.8, 4) is 0 Å². The summed E-state index contributed by atoms with van der Waals surface area (Å²) < 4.78 is 0. The van der Waals surface area contributed by atoms with Crippen molar-refractivity contribution in [3.05, 3.63) is 18.0 Å². The van der Waals surface area contributed by atoms with Crippen LogP contribution in [-0.4, -0.2) is 16.3 Å². The molecule has 0 radical (unpaired) electrons. The lowest BCUT2D eigenvalue weighted by atomic mass is 10.3. The lowest BCUT2D eigenvalue weighted by molar-refractivity contribution is -0.107. The van der Waals surface area contributed by atoms with Gasteiger partial charge in [-0.2, -0.15) is 0 Å². The van der Waals surface area contributed by atoms with E-state index in [1.54, 1.807) is 6.07 Å². The highest BCUT2D eigenvalue weighted by Gasteiger charge is 1.92. The maximum absolute atomic E-state index is 9.98. The molecule has 0 saturated carbocycles. The highest BCUT2D eigenvalue weighted by molar-refractivity contribution is 5.53. The molecule has 2 N–H and O–H groups in total. The van der Waals surface area contributed by atoms with E-state index in [1.165, 1.54) is 6.20 Å². The summed E-state index contributed by atoms with van der Waals surface area (Å²) in [5, 5.41) is 0. The fraction of sp³-hybridized carbons (Fsp3) is 0.167. The maximum Gasteiger partial charge on any atom is 0.220 e. The molecule has 0 aliphatic rings. The van der Waals surface area contributed by atoms with Crippen LogP contribution in [-0.2, 0) is 11.2 Å². The first-order valence-corrected chi connectivity index (χ1v) is 2.84. The minimum atomic E-state index is 0.208. The number of nitrogens with zero attached hydrogens (tertiary/aromatic N) is 2. The molecular weight excluding hydrogens is 130 g/mol. The molecule has 0 fully saturated rings. The van der Waals surface area contributed by atoms with Gasteiger partial charge in [0, 0.05) is 12.6 Å². The first kappa shape index (κ1) is 6.67. The molecular formula is C6H7N3O. The van der Waals surface area contributed by atoms with Crippen molar-refractivity contribution < 1.29 is 4.79 Å². The summed E-state index contributed by atoms with van der Waals surface area (Å²) in [4.78, 5) is 17.5. The van der Waals surface area contributed by atoms with Gasteiger partial charge in [-0.3, -0.25) is 0 Å². The Morgan fingerprint density at radius 2 is 2.50 bits per heavy atom. The van der Waals surface area contributed by atoms with Gasteiger partial charge in [-0.05, 0) is 6.07 Å². The van der Waals surface area contributed by atoms with E-state index in [0.29, 0.717) is 12.1 Å². The van der Waals surface area contributed by atoms with Crippen molar-refractivity contribution in [2.75, 3.05) is 5.73 Å². The fourth-order valence-corrected chi connectivity index (χ4v) is 0.612. The van der Waals surface area contributed by atoms with Gasteiger partial charge in [-0.1, -0.05) is 0 Å². The first-order valence-electron chi connectivity index (χ1n) is 2.84. The van der Waals surface area contributed by atoms with Gasteiger partial charge in [0.05, 0.1) is 5.69 Å². The number of aldehydes is 1. The molecule has 10 heavy (non-hydrogen) atoms. The molecule has 1 rings (SSSR count). The van der Waals surface area contributed by atoms with Crippen molar-refractivity contribution in [1.82, 2.24) is 9.97 Å². The summed E-state index contributed by atoms with van der Waals surface area (Å²) in [6, 6.07) is 1.66. The van der Waals surface area contributed by atoms with Gasteiger partial charge in [0.15, 0.2) is 0 Å². The zero-order valence-electron chi connectivity index (χ0n) is 5.32. The predicted octanol–water partition coefficient (Wildman–Crippen LogP) is -0.200. The summed E-state index contributed by atoms with van der Waals surface area (Å²) in [5.41, 5.74) is 5.91. The number of carbonyl (C=O) groups excluding carboxylic acids is 1. The lowest BCUT2D eigenvalue weighted by Crippen LogP contribution is -1.98. The molecule has 4 nitrogen and oxygen atoms in total. The zero-order chi connectivity index (χ0) is 7.40. The SMILES string of the molecule is Nc1nccc(CC=O)n1. The van der Waals surface area contributed by atoms with Crippen LogP contribution in [0.4, 0.5) is 5.95 Å². The van der Waals surface area contributed by atoms with E-state index < -0.39 is 0 Å². The highest BCUT2D eigenvalue weighted by atomic mass is 16.1. The van der Waals surface area contributed by atoms with Crippen molar-refractivity contribution in [2.45, 2.75) is 6.42 Å². The van der Waals surface area contributed by atoms with Crippen LogP contribution in [0.5, 0.6) is 0 Å². The number of carbonyl (C=O) groups is 1. The van der Waals surface area contributed by atoms with Gasteiger partial charge in [0.25, 0.3) is 0 Å². The molecule has 52 valence electrons. The Morgan fingerprint density at radius 1 is 1.70 bits per heavy atom. The van der Waals surface area contributed by atoms with Gasteiger partial charge in [0.1, 0.15) is 6.29 Å². The van der Waals surface area contributed by atoms with Crippen LogP contribution in [0.25, 0.3) is 0 Å². The molecule has 1 aromatic heterocycles. The third-order valence-corrected chi connectivity index (χ3v) is 1.02. The van der Waals surface area contributed by atoms with Crippen molar-refractivity contribution in [2.24, 2.45) is 0 Å². The molecule has 1 aromatic rings. The Balaban J connectivity index is 2.84. The van der Waals surface area contributed by atoms with Gasteiger partial charge in [-0.15, -0.1) is 0 Å². The minimum Gasteiger partial charge on any atom is -0.368 e. The average Bonchev–Trinajstić information content (AvgIpc) is 1.88. The summed E-state index contributed by atoms with van der Waals surface area (Å²) >= 11 is 0. The van der Waals surface area contributed by atoms with Gasteiger partial charge in [0.2, 0.25) is 5.95 Å². The van der Waals surface area contributed by atoms with E-state index in [9.17, 15) is 4.79 Å². The molecule has 0 atom stereocenters. The van der Waals surface area contributed by atoms with E-state index in [0.717, 1.165) is 6.29 Å². The zero-order valence-corrected chi connectivity index (χ0v) is 5.32. The summed E-state index contributed by atoms with van der Waals surface area (Å²) in [6.07, 6.45) is 2.61. The second-order valence-electron chi connectivity index (χ2n) is 1.78. The quantitative estimate of drug-likeness (QED) is 0.573. The van der Waals surface area contributed by atoms with E-state index in [4.69, 9.17) is 5.73 Å². The van der Waals surface area contributed by atoms with Crippen LogP contribution in [0.2, 0.25) is 0 Å². The van der Waals surface area contributed by atoms with Gasteiger partial charge < -0.3 is 10.5 Å². The minimum absolute atomic E-state index is 0.208. The number of hydrogen-bond acceptors (Lipinski definition) is 4. The third-order valence-electron chi connectivity index (χ3n) is 1.02. The molecule has 0 unspecified atom stereocenters. The molecule has 0 aromatic carbocycles. The van der Waals surface area contributed by atoms with E-state index in [-0.39, 0.29) is 5.95 Å². The standard InChI is InChI=1S/C6H7N3O/c7-6-8-3-1-5(9-6)2-4-10/h1,3-4H,2H2,(H2,7,8,9). The maximum atomic E-state index is 9.98. The van der Waals surface area contributed by atoms with E-state index >= 15 is 0 Å².